The Morgan fingerprint density at radius 2 is 1.55 bits per heavy atom. The topological polar surface area (TPSA) is 71.1 Å². The zero-order chi connectivity index (χ0) is 24.5. The van der Waals surface area contributed by atoms with E-state index in [1.54, 1.807) is 12.2 Å². The number of unbranched alkanes of at least 4 members (excludes halogenated alkanes) is 3. The van der Waals surface area contributed by atoms with Gasteiger partial charge < -0.3 is 0 Å². The van der Waals surface area contributed by atoms with Gasteiger partial charge in [-0.1, -0.05) is 0 Å². The molecular formula is C26H46O6Sn. The Hall–Kier alpha value is -0.861. The van der Waals surface area contributed by atoms with E-state index in [9.17, 15) is 9.59 Å². The number of hydrogen-bond acceptors (Lipinski definition) is 6. The van der Waals surface area contributed by atoms with E-state index in [2.05, 4.69) is 30.9 Å². The van der Waals surface area contributed by atoms with Gasteiger partial charge in [0.25, 0.3) is 0 Å². The SMILES string of the molecule is CCC[CH2][Sn](/[CH]=C/CCO[C@@H]1C=C[C@H](OC(C)=O)[C@@H](COC(C)=O)O1)([CH2]CCC)[CH2]CCC. The van der Waals surface area contributed by atoms with Crippen molar-refractivity contribution in [3.63, 3.8) is 0 Å². The normalized spacial score (nSPS) is 20.8. The molecule has 33 heavy (non-hydrogen) atoms. The van der Waals surface area contributed by atoms with Crippen LogP contribution in [0.25, 0.3) is 0 Å². The Labute approximate surface area is 205 Å². The molecule has 0 aromatic rings. The second-order valence-electron chi connectivity index (χ2n) is 9.04. The maximum atomic E-state index is 11.3. The average molecular weight is 573 g/mol. The van der Waals surface area contributed by atoms with Gasteiger partial charge in [0.2, 0.25) is 0 Å². The molecule has 0 amide bonds. The number of ether oxygens (including phenoxy) is 4. The van der Waals surface area contributed by atoms with Crippen molar-refractivity contribution in [2.75, 3.05) is 13.2 Å². The summed E-state index contributed by atoms with van der Waals surface area (Å²) in [4.78, 5) is 22.5. The Kier molecular flexibility index (Phi) is 16.1. The van der Waals surface area contributed by atoms with Crippen molar-refractivity contribution in [2.45, 2.75) is 111 Å². The molecule has 0 bridgehead atoms. The van der Waals surface area contributed by atoms with E-state index in [1.807, 2.05) is 0 Å². The molecule has 1 aliphatic heterocycles. The Morgan fingerprint density at radius 3 is 2.06 bits per heavy atom. The van der Waals surface area contributed by atoms with Crippen molar-refractivity contribution in [2.24, 2.45) is 0 Å². The van der Waals surface area contributed by atoms with Crippen LogP contribution < -0.4 is 0 Å². The molecule has 1 heterocycles. The van der Waals surface area contributed by atoms with Gasteiger partial charge in [-0.2, -0.15) is 0 Å². The first-order valence-corrected chi connectivity index (χ1v) is 20.5. The van der Waals surface area contributed by atoms with Crippen molar-refractivity contribution in [3.8, 4) is 0 Å². The molecule has 0 saturated carbocycles. The maximum absolute atomic E-state index is 11.3. The van der Waals surface area contributed by atoms with Crippen molar-refractivity contribution in [1.29, 1.82) is 0 Å². The minimum absolute atomic E-state index is 0.0145. The van der Waals surface area contributed by atoms with E-state index in [0.29, 0.717) is 6.61 Å². The van der Waals surface area contributed by atoms with Crippen LogP contribution in [0.5, 0.6) is 0 Å². The fourth-order valence-electron chi connectivity index (χ4n) is 4.15. The molecular weight excluding hydrogens is 527 g/mol. The van der Waals surface area contributed by atoms with E-state index >= 15 is 0 Å². The van der Waals surface area contributed by atoms with Crippen LogP contribution in [0.4, 0.5) is 0 Å². The van der Waals surface area contributed by atoms with Gasteiger partial charge in [-0.05, 0) is 0 Å². The molecule has 0 aromatic heterocycles. The molecule has 0 radical (unpaired) electrons. The van der Waals surface area contributed by atoms with Gasteiger partial charge in [0.05, 0.1) is 0 Å². The predicted molar refractivity (Wildman–Crippen MR) is 135 cm³/mol. The van der Waals surface area contributed by atoms with Crippen LogP contribution in [0.2, 0.25) is 13.3 Å². The molecule has 1 rings (SSSR count). The average Bonchev–Trinajstić information content (AvgIpc) is 2.78. The van der Waals surface area contributed by atoms with Crippen LogP contribution in [-0.4, -0.2) is 62.0 Å². The molecule has 3 atom stereocenters. The van der Waals surface area contributed by atoms with Crippen molar-refractivity contribution >= 4 is 30.3 Å². The summed E-state index contributed by atoms with van der Waals surface area (Å²) >= 11 is -2.25. The second-order valence-corrected chi connectivity index (χ2v) is 22.0. The van der Waals surface area contributed by atoms with Crippen LogP contribution in [0, 0.1) is 0 Å². The third kappa shape index (κ3) is 13.0. The van der Waals surface area contributed by atoms with Crippen LogP contribution in [0.1, 0.15) is 79.6 Å². The van der Waals surface area contributed by atoms with Crippen LogP contribution >= 0.6 is 0 Å². The third-order valence-corrected chi connectivity index (χ3v) is 20.3. The van der Waals surface area contributed by atoms with E-state index in [4.69, 9.17) is 18.9 Å². The first-order valence-electron chi connectivity index (χ1n) is 12.8. The zero-order valence-electron chi connectivity index (χ0n) is 21.5. The Morgan fingerprint density at radius 1 is 0.939 bits per heavy atom. The van der Waals surface area contributed by atoms with Gasteiger partial charge in [-0.3, -0.25) is 0 Å². The predicted octanol–water partition coefficient (Wildman–Crippen LogP) is 6.11. The van der Waals surface area contributed by atoms with Crippen LogP contribution in [0.15, 0.2) is 22.3 Å². The molecule has 0 aliphatic carbocycles. The van der Waals surface area contributed by atoms with Gasteiger partial charge in [-0.25, -0.2) is 0 Å². The molecule has 190 valence electrons. The molecule has 0 N–H and O–H groups in total. The number of hydrogen-bond donors (Lipinski definition) is 0. The van der Waals surface area contributed by atoms with Gasteiger partial charge in [0.1, 0.15) is 0 Å². The number of carbonyl (C=O) groups is 2. The molecule has 1 aliphatic rings. The summed E-state index contributed by atoms with van der Waals surface area (Å²) in [5.74, 6) is -0.809. The number of carbonyl (C=O) groups excluding carboxylic acids is 2. The van der Waals surface area contributed by atoms with Gasteiger partial charge >= 0.3 is 206 Å². The Bertz CT molecular complexity index is 596. The first kappa shape index (κ1) is 30.2. The first-order chi connectivity index (χ1) is 15.9. The van der Waals surface area contributed by atoms with Crippen molar-refractivity contribution < 1.29 is 28.5 Å². The summed E-state index contributed by atoms with van der Waals surface area (Å²) in [5.41, 5.74) is 0. The molecule has 0 saturated heterocycles. The van der Waals surface area contributed by atoms with Crippen molar-refractivity contribution in [3.05, 3.63) is 22.3 Å². The quantitative estimate of drug-likeness (QED) is 0.0905. The second kappa shape index (κ2) is 17.6. The Balaban J connectivity index is 2.65. The van der Waals surface area contributed by atoms with Crippen molar-refractivity contribution in [1.82, 2.24) is 0 Å². The van der Waals surface area contributed by atoms with Gasteiger partial charge in [0.15, 0.2) is 0 Å². The third-order valence-electron chi connectivity index (χ3n) is 6.01. The summed E-state index contributed by atoms with van der Waals surface area (Å²) in [6.07, 6.45) is 12.9. The van der Waals surface area contributed by atoms with Gasteiger partial charge in [0, 0.05) is 0 Å². The molecule has 0 fully saturated rings. The fraction of sp³-hybridized carbons (Fsp3) is 0.769. The number of esters is 2. The van der Waals surface area contributed by atoms with E-state index in [0.717, 1.165) is 6.42 Å². The standard InChI is InChI=1S/C14H19O6.3C4H9.Sn/c1-4-5-8-17-14-7-6-12(19-11(3)16)13(20-14)9-18-10(2)15;3*1-3-4-2;/h1,4,6-7,12-14H,5,8-9H2,2-3H3;3*1,3-4H2,2H3;/t12-,13+,14-;;;;/m0..../s1. The fourth-order valence-corrected chi connectivity index (χ4v) is 18.7. The summed E-state index contributed by atoms with van der Waals surface area (Å²) in [6, 6.07) is 0. The summed E-state index contributed by atoms with van der Waals surface area (Å²) in [7, 11) is 0. The van der Waals surface area contributed by atoms with Crippen LogP contribution in [0.3, 0.4) is 0 Å². The van der Waals surface area contributed by atoms with Gasteiger partial charge in [-0.15, -0.1) is 0 Å². The minimum atomic E-state index is -2.25. The molecule has 0 unspecified atom stereocenters. The molecule has 0 spiro atoms. The molecule has 6 nitrogen and oxygen atoms in total. The molecule has 0 aromatic carbocycles. The monoisotopic (exact) mass is 574 g/mol. The summed E-state index contributed by atoms with van der Waals surface area (Å²) in [6.45, 7) is 10.2. The van der Waals surface area contributed by atoms with Crippen LogP contribution in [-0.2, 0) is 28.5 Å². The summed E-state index contributed by atoms with van der Waals surface area (Å²) in [5, 5.41) is 0. The zero-order valence-corrected chi connectivity index (χ0v) is 24.3. The van der Waals surface area contributed by atoms with E-state index < -0.39 is 48.8 Å². The molecule has 7 heteroatoms. The number of rotatable bonds is 17. The summed E-state index contributed by atoms with van der Waals surface area (Å²) < 4.78 is 29.2. The van der Waals surface area contributed by atoms with E-state index in [1.165, 1.54) is 65.7 Å². The van der Waals surface area contributed by atoms with E-state index in [-0.39, 0.29) is 6.61 Å².